The second-order valence-electron chi connectivity index (χ2n) is 9.84. The minimum Gasteiger partial charge on any atom is -0.497 e. The number of thiocarbonyl (C=S) groups is 1. The van der Waals surface area contributed by atoms with Gasteiger partial charge in [-0.15, -0.1) is 18.3 Å². The summed E-state index contributed by atoms with van der Waals surface area (Å²) < 4.78 is 48.0. The Kier molecular flexibility index (Phi) is 8.29. The number of anilines is 1. The standard InChI is InChI=1S/C30H25F3N6O3S2/c1-18-13-22-16-44-29(39(22)26-14-24(40-2)11-12-25(18)26)35-28(43)37-41-15-19-3-5-20(6-4-19)27-34-17-38(36-27)21-7-9-23(10-8-21)42-30(31,32)33/h3-14,17-18H,15-16H2,1-2H3,(H,37,43)/b35-29-. The van der Waals surface area contributed by atoms with E-state index in [2.05, 4.69) is 49.3 Å². The van der Waals surface area contributed by atoms with Crippen molar-refractivity contribution in [2.45, 2.75) is 25.8 Å². The molecule has 1 unspecified atom stereocenters. The van der Waals surface area contributed by atoms with Crippen molar-refractivity contribution in [3.8, 4) is 28.6 Å². The predicted octanol–water partition coefficient (Wildman–Crippen LogP) is 6.76. The number of fused-ring (bicyclic) bond motifs is 3. The van der Waals surface area contributed by atoms with E-state index in [0.717, 1.165) is 33.5 Å². The van der Waals surface area contributed by atoms with Gasteiger partial charge in [0.2, 0.25) is 5.11 Å². The van der Waals surface area contributed by atoms with Gasteiger partial charge in [0, 0.05) is 29.0 Å². The number of amidine groups is 1. The van der Waals surface area contributed by atoms with Crippen LogP contribution in [0, 0.1) is 0 Å². The highest BCUT2D eigenvalue weighted by atomic mass is 32.2. The van der Waals surface area contributed by atoms with Crippen molar-refractivity contribution in [3.63, 3.8) is 0 Å². The normalized spacial score (nSPS) is 16.8. The Morgan fingerprint density at radius 1 is 1.09 bits per heavy atom. The first-order chi connectivity index (χ1) is 21.2. The summed E-state index contributed by atoms with van der Waals surface area (Å²) in [5.41, 5.74) is 8.32. The fourth-order valence-corrected chi connectivity index (χ4v) is 6.03. The Morgan fingerprint density at radius 3 is 2.57 bits per heavy atom. The molecule has 14 heteroatoms. The second-order valence-corrected chi connectivity index (χ2v) is 11.2. The van der Waals surface area contributed by atoms with Gasteiger partial charge in [-0.3, -0.25) is 9.74 Å². The number of alkyl halides is 3. The van der Waals surface area contributed by atoms with E-state index in [4.69, 9.17) is 21.8 Å². The van der Waals surface area contributed by atoms with E-state index >= 15 is 0 Å². The van der Waals surface area contributed by atoms with Crippen LogP contribution >= 0.6 is 24.0 Å². The van der Waals surface area contributed by atoms with Crippen molar-refractivity contribution in [1.82, 2.24) is 20.2 Å². The summed E-state index contributed by atoms with van der Waals surface area (Å²) >= 11 is 7.06. The number of ether oxygens (including phenoxy) is 2. The summed E-state index contributed by atoms with van der Waals surface area (Å²) in [6.07, 6.45) is -1.02. The molecule has 0 saturated carbocycles. The Labute approximate surface area is 260 Å². The number of aliphatic imine (C=N–C) groups is 1. The van der Waals surface area contributed by atoms with Crippen LogP contribution in [0.25, 0.3) is 17.1 Å². The smallest absolute Gasteiger partial charge is 0.497 e. The molecule has 1 saturated heterocycles. The Morgan fingerprint density at radius 2 is 1.84 bits per heavy atom. The molecule has 2 aliphatic rings. The van der Waals surface area contributed by atoms with E-state index in [1.54, 1.807) is 18.9 Å². The Bertz CT molecular complexity index is 1740. The number of benzene rings is 3. The van der Waals surface area contributed by atoms with E-state index in [1.165, 1.54) is 46.5 Å². The zero-order chi connectivity index (χ0) is 30.8. The second kappa shape index (κ2) is 12.3. The lowest BCUT2D eigenvalue weighted by Crippen LogP contribution is -2.29. The lowest BCUT2D eigenvalue weighted by Gasteiger charge is -2.30. The summed E-state index contributed by atoms with van der Waals surface area (Å²) in [7, 11) is 1.65. The predicted molar refractivity (Wildman–Crippen MR) is 166 cm³/mol. The van der Waals surface area contributed by atoms with Crippen LogP contribution in [0.4, 0.5) is 18.9 Å². The number of nitrogens with one attached hydrogen (secondary N) is 1. The number of rotatable bonds is 7. The number of hydroxylamine groups is 1. The van der Waals surface area contributed by atoms with Crippen LogP contribution in [0.5, 0.6) is 11.5 Å². The molecule has 0 radical (unpaired) electrons. The molecule has 226 valence electrons. The maximum absolute atomic E-state index is 12.4. The van der Waals surface area contributed by atoms with Crippen LogP contribution in [0.1, 0.15) is 24.0 Å². The largest absolute Gasteiger partial charge is 0.573 e. The van der Waals surface area contributed by atoms with Crippen LogP contribution < -0.4 is 19.9 Å². The topological polar surface area (TPSA) is 86.0 Å². The molecule has 4 aromatic rings. The zero-order valence-electron chi connectivity index (χ0n) is 23.4. The molecule has 3 heterocycles. The van der Waals surface area contributed by atoms with Crippen LogP contribution in [-0.2, 0) is 11.4 Å². The molecule has 6 rings (SSSR count). The van der Waals surface area contributed by atoms with Gasteiger partial charge in [0.15, 0.2) is 11.0 Å². The van der Waals surface area contributed by atoms with Crippen molar-refractivity contribution in [2.24, 2.45) is 4.99 Å². The molecular formula is C30H25F3N6O3S2. The van der Waals surface area contributed by atoms with E-state index in [-0.39, 0.29) is 23.4 Å². The summed E-state index contributed by atoms with van der Waals surface area (Å²) in [6, 6.07) is 18.9. The number of hydrogen-bond acceptors (Lipinski definition) is 7. The van der Waals surface area contributed by atoms with E-state index in [0.29, 0.717) is 11.5 Å². The number of thioether (sulfide) groups is 1. The van der Waals surface area contributed by atoms with Gasteiger partial charge in [0.1, 0.15) is 17.8 Å². The van der Waals surface area contributed by atoms with Gasteiger partial charge in [-0.05, 0) is 53.7 Å². The molecule has 1 N–H and O–H groups in total. The minimum atomic E-state index is -4.75. The molecular weight excluding hydrogens is 613 g/mol. The van der Waals surface area contributed by atoms with Crippen LogP contribution in [0.15, 0.2) is 89.8 Å². The summed E-state index contributed by atoms with van der Waals surface area (Å²) in [4.78, 5) is 16.7. The van der Waals surface area contributed by atoms with Crippen molar-refractivity contribution in [3.05, 3.63) is 96.0 Å². The number of allylic oxidation sites excluding steroid dienone is 1. The van der Waals surface area contributed by atoms with E-state index in [1.807, 2.05) is 36.4 Å². The molecule has 0 aliphatic carbocycles. The molecule has 44 heavy (non-hydrogen) atoms. The number of hydrogen-bond donors (Lipinski definition) is 1. The molecule has 3 aromatic carbocycles. The molecule has 0 bridgehead atoms. The lowest BCUT2D eigenvalue weighted by molar-refractivity contribution is -0.274. The van der Waals surface area contributed by atoms with Crippen LogP contribution in [0.3, 0.4) is 0 Å². The van der Waals surface area contributed by atoms with E-state index < -0.39 is 6.36 Å². The average molecular weight is 639 g/mol. The van der Waals surface area contributed by atoms with Gasteiger partial charge in [-0.2, -0.15) is 4.99 Å². The zero-order valence-corrected chi connectivity index (χ0v) is 25.0. The van der Waals surface area contributed by atoms with Crippen LogP contribution in [-0.4, -0.2) is 44.3 Å². The van der Waals surface area contributed by atoms with Gasteiger partial charge in [-0.25, -0.2) is 15.1 Å². The third-order valence-corrected chi connectivity index (χ3v) is 8.02. The Hall–Kier alpha value is -4.40. The number of halogens is 3. The van der Waals surface area contributed by atoms with Gasteiger partial charge in [0.05, 0.1) is 25.1 Å². The van der Waals surface area contributed by atoms with Gasteiger partial charge >= 0.3 is 6.36 Å². The van der Waals surface area contributed by atoms with E-state index in [9.17, 15) is 13.2 Å². The number of aromatic nitrogens is 3. The van der Waals surface area contributed by atoms with Crippen molar-refractivity contribution in [1.29, 1.82) is 0 Å². The first-order valence-electron chi connectivity index (χ1n) is 13.4. The number of nitrogens with zero attached hydrogens (tertiary/aromatic N) is 5. The summed E-state index contributed by atoms with van der Waals surface area (Å²) in [5.74, 6) is 2.01. The maximum Gasteiger partial charge on any atom is 0.573 e. The molecule has 1 atom stereocenters. The summed E-state index contributed by atoms with van der Waals surface area (Å²) in [5, 5.41) is 5.40. The minimum absolute atomic E-state index is 0.209. The third kappa shape index (κ3) is 6.56. The van der Waals surface area contributed by atoms with Crippen molar-refractivity contribution < 1.29 is 27.5 Å². The molecule has 9 nitrogen and oxygen atoms in total. The molecule has 1 fully saturated rings. The number of methoxy groups -OCH3 is 1. The first-order valence-corrected chi connectivity index (χ1v) is 14.8. The van der Waals surface area contributed by atoms with Gasteiger partial charge in [-0.1, -0.05) is 55.1 Å². The highest BCUT2D eigenvalue weighted by Gasteiger charge is 2.33. The highest BCUT2D eigenvalue weighted by Crippen LogP contribution is 2.44. The molecule has 1 aromatic heterocycles. The molecule has 0 amide bonds. The quantitative estimate of drug-likeness (QED) is 0.174. The third-order valence-electron chi connectivity index (χ3n) is 6.87. The lowest BCUT2D eigenvalue weighted by atomic mass is 9.94. The fraction of sp³-hybridized carbons (Fsp3) is 0.200. The van der Waals surface area contributed by atoms with Crippen molar-refractivity contribution in [2.75, 3.05) is 17.8 Å². The molecule has 2 aliphatic heterocycles. The SMILES string of the molecule is COc1ccc2c(c1)N1C(=CC2C)CS/C1=N\C(=S)NOCc1ccc(-c2ncn(-c3ccc(OC(F)(F)F)cc3)n2)cc1. The summed E-state index contributed by atoms with van der Waals surface area (Å²) in [6.45, 7) is 2.41. The Balaban J connectivity index is 1.05. The monoisotopic (exact) mass is 638 g/mol. The average Bonchev–Trinajstić information content (AvgIpc) is 3.65. The van der Waals surface area contributed by atoms with Crippen LogP contribution in [0.2, 0.25) is 0 Å². The van der Waals surface area contributed by atoms with Gasteiger partial charge in [0.25, 0.3) is 0 Å². The molecule has 0 spiro atoms. The van der Waals surface area contributed by atoms with Crippen molar-refractivity contribution >= 4 is 39.9 Å². The highest BCUT2D eigenvalue weighted by molar-refractivity contribution is 8.14. The first kappa shape index (κ1) is 29.7. The maximum atomic E-state index is 12.4. The van der Waals surface area contributed by atoms with Gasteiger partial charge < -0.3 is 9.47 Å². The fourth-order valence-electron chi connectivity index (χ4n) is 4.82.